The second kappa shape index (κ2) is 10.5. The Morgan fingerprint density at radius 1 is 1.24 bits per heavy atom. The Hall–Kier alpha value is -1.56. The zero-order chi connectivity index (χ0) is 18.8. The van der Waals surface area contributed by atoms with Gasteiger partial charge < -0.3 is 15.6 Å². The predicted octanol–water partition coefficient (Wildman–Crippen LogP) is 3.59. The first-order valence-corrected chi connectivity index (χ1v) is 10.2. The van der Waals surface area contributed by atoms with Crippen LogP contribution in [0.1, 0.15) is 43.9 Å². The lowest BCUT2D eigenvalue weighted by molar-refractivity contribution is -0.123. The molecule has 160 valence electrons. The van der Waals surface area contributed by atoms with Gasteiger partial charge in [0.25, 0.3) is 0 Å². The fourth-order valence-corrected chi connectivity index (χ4v) is 5.06. The molecule has 2 fully saturated rings. The van der Waals surface area contributed by atoms with Gasteiger partial charge in [0.2, 0.25) is 5.91 Å². The standard InChI is InChI=1S/C22H30N4O.2ClH/c1-15(20-10-17-7-8-18(20)9-17)25-22(27)21(23)11-19-13-26(14-24-19)12-16-5-3-2-4-6-16;;/h2-6,13-15,17-18,20-21H,7-12,23H2,1H3,(H,25,27);2*1H/t15?,17?,18?,20?,21-;;/m0../s1. The van der Waals surface area contributed by atoms with Gasteiger partial charge in [0, 0.05) is 25.2 Å². The molecule has 7 heteroatoms. The van der Waals surface area contributed by atoms with Gasteiger partial charge >= 0.3 is 0 Å². The van der Waals surface area contributed by atoms with Crippen molar-refractivity contribution in [3.8, 4) is 0 Å². The second-order valence-corrected chi connectivity index (χ2v) is 8.47. The van der Waals surface area contributed by atoms with E-state index in [1.165, 1.54) is 31.2 Å². The van der Waals surface area contributed by atoms with Crippen LogP contribution in [0.5, 0.6) is 0 Å². The first-order valence-electron chi connectivity index (χ1n) is 10.2. The van der Waals surface area contributed by atoms with Crippen LogP contribution in [-0.2, 0) is 17.8 Å². The maximum Gasteiger partial charge on any atom is 0.237 e. The Morgan fingerprint density at radius 3 is 2.66 bits per heavy atom. The summed E-state index contributed by atoms with van der Waals surface area (Å²) >= 11 is 0. The number of imidazole rings is 1. The van der Waals surface area contributed by atoms with E-state index in [9.17, 15) is 4.79 Å². The minimum absolute atomic E-state index is 0. The van der Waals surface area contributed by atoms with Gasteiger partial charge in [-0.05, 0) is 49.5 Å². The molecule has 4 unspecified atom stereocenters. The summed E-state index contributed by atoms with van der Waals surface area (Å²) in [5, 5.41) is 3.17. The number of halogens is 2. The number of amides is 1. The third-order valence-electron chi connectivity index (χ3n) is 6.47. The van der Waals surface area contributed by atoms with Crippen LogP contribution in [-0.4, -0.2) is 27.5 Å². The minimum atomic E-state index is -0.550. The van der Waals surface area contributed by atoms with Crippen molar-refractivity contribution in [3.63, 3.8) is 0 Å². The molecule has 2 bridgehead atoms. The number of hydrogen-bond acceptors (Lipinski definition) is 3. The van der Waals surface area contributed by atoms with E-state index in [0.29, 0.717) is 12.3 Å². The number of fused-ring (bicyclic) bond motifs is 2. The van der Waals surface area contributed by atoms with Gasteiger partial charge in [-0.2, -0.15) is 0 Å². The van der Waals surface area contributed by atoms with Crippen molar-refractivity contribution < 1.29 is 4.79 Å². The summed E-state index contributed by atoms with van der Waals surface area (Å²) in [5.74, 6) is 2.27. The normalized spacial score (nSPS) is 24.3. The molecule has 2 saturated carbocycles. The molecule has 0 aliphatic heterocycles. The largest absolute Gasteiger partial charge is 0.352 e. The minimum Gasteiger partial charge on any atom is -0.352 e. The Morgan fingerprint density at radius 2 is 2.00 bits per heavy atom. The Bertz CT molecular complexity index is 782. The lowest BCUT2D eigenvalue weighted by Crippen LogP contribution is -2.48. The molecule has 1 heterocycles. The molecule has 5 nitrogen and oxygen atoms in total. The van der Waals surface area contributed by atoms with E-state index in [0.717, 1.165) is 24.1 Å². The highest BCUT2D eigenvalue weighted by Gasteiger charge is 2.42. The van der Waals surface area contributed by atoms with Crippen LogP contribution in [0.4, 0.5) is 0 Å². The summed E-state index contributed by atoms with van der Waals surface area (Å²) in [6.45, 7) is 2.92. The molecule has 4 rings (SSSR count). The molecule has 1 aromatic heterocycles. The number of carbonyl (C=O) groups is 1. The van der Waals surface area contributed by atoms with Crippen LogP contribution in [0.15, 0.2) is 42.9 Å². The topological polar surface area (TPSA) is 72.9 Å². The van der Waals surface area contributed by atoms with Crippen molar-refractivity contribution in [2.24, 2.45) is 23.5 Å². The van der Waals surface area contributed by atoms with Gasteiger partial charge in [-0.3, -0.25) is 4.79 Å². The Kier molecular flexibility index (Phi) is 8.56. The van der Waals surface area contributed by atoms with E-state index >= 15 is 0 Å². The van der Waals surface area contributed by atoms with E-state index < -0.39 is 6.04 Å². The summed E-state index contributed by atoms with van der Waals surface area (Å²) < 4.78 is 2.03. The summed E-state index contributed by atoms with van der Waals surface area (Å²) in [5.41, 5.74) is 8.26. The SMILES string of the molecule is CC(NC(=O)[C@@H](N)Cc1cn(Cc2ccccc2)cn1)C1CC2CCC1C2.Cl.Cl. The maximum atomic E-state index is 12.5. The molecule has 2 aromatic rings. The summed E-state index contributed by atoms with van der Waals surface area (Å²) in [6.07, 6.45) is 9.61. The van der Waals surface area contributed by atoms with Crippen LogP contribution in [0.25, 0.3) is 0 Å². The number of hydrogen-bond donors (Lipinski definition) is 2. The predicted molar refractivity (Wildman–Crippen MR) is 120 cm³/mol. The van der Waals surface area contributed by atoms with Gasteiger partial charge in [0.15, 0.2) is 0 Å². The smallest absolute Gasteiger partial charge is 0.237 e. The van der Waals surface area contributed by atoms with Crippen LogP contribution in [0.3, 0.4) is 0 Å². The number of nitrogens with one attached hydrogen (secondary N) is 1. The molecule has 0 spiro atoms. The van der Waals surface area contributed by atoms with Crippen molar-refractivity contribution >= 4 is 30.7 Å². The van der Waals surface area contributed by atoms with Crippen molar-refractivity contribution in [1.29, 1.82) is 0 Å². The molecule has 3 N–H and O–H groups in total. The first-order chi connectivity index (χ1) is 13.1. The van der Waals surface area contributed by atoms with E-state index in [4.69, 9.17) is 5.73 Å². The Labute approximate surface area is 185 Å². The molecule has 0 radical (unpaired) electrons. The maximum absolute atomic E-state index is 12.5. The van der Waals surface area contributed by atoms with Crippen molar-refractivity contribution in [2.75, 3.05) is 0 Å². The van der Waals surface area contributed by atoms with Crippen LogP contribution >= 0.6 is 24.8 Å². The highest BCUT2D eigenvalue weighted by Crippen LogP contribution is 2.49. The molecule has 29 heavy (non-hydrogen) atoms. The van der Waals surface area contributed by atoms with Crippen molar-refractivity contribution in [3.05, 3.63) is 54.1 Å². The molecule has 1 amide bonds. The van der Waals surface area contributed by atoms with Gasteiger partial charge in [0.1, 0.15) is 0 Å². The number of benzene rings is 1. The Balaban J connectivity index is 0.00000150. The van der Waals surface area contributed by atoms with Crippen LogP contribution in [0.2, 0.25) is 0 Å². The van der Waals surface area contributed by atoms with Gasteiger partial charge in [-0.25, -0.2) is 4.98 Å². The quantitative estimate of drug-likeness (QED) is 0.693. The third kappa shape index (κ3) is 5.74. The van der Waals surface area contributed by atoms with E-state index in [1.807, 2.05) is 35.3 Å². The average Bonchev–Trinajstić information content (AvgIpc) is 3.40. The number of rotatable bonds is 7. The number of carbonyl (C=O) groups excluding carboxylic acids is 1. The highest BCUT2D eigenvalue weighted by molar-refractivity contribution is 5.85. The van der Waals surface area contributed by atoms with Gasteiger partial charge in [-0.15, -0.1) is 24.8 Å². The monoisotopic (exact) mass is 438 g/mol. The molecule has 5 atom stereocenters. The lowest BCUT2D eigenvalue weighted by Gasteiger charge is -2.29. The van der Waals surface area contributed by atoms with E-state index in [-0.39, 0.29) is 36.8 Å². The molecule has 0 saturated heterocycles. The average molecular weight is 439 g/mol. The lowest BCUT2D eigenvalue weighted by atomic mass is 9.84. The van der Waals surface area contributed by atoms with E-state index in [1.54, 1.807) is 0 Å². The summed E-state index contributed by atoms with van der Waals surface area (Å²) in [7, 11) is 0. The molecular weight excluding hydrogens is 407 g/mol. The molecule has 2 aliphatic carbocycles. The third-order valence-corrected chi connectivity index (χ3v) is 6.47. The van der Waals surface area contributed by atoms with Crippen molar-refractivity contribution in [1.82, 2.24) is 14.9 Å². The molecular formula is C22H32Cl2N4O. The number of nitrogens with zero attached hydrogens (tertiary/aromatic N) is 2. The van der Waals surface area contributed by atoms with Gasteiger partial charge in [-0.1, -0.05) is 36.8 Å². The summed E-state index contributed by atoms with van der Waals surface area (Å²) in [6, 6.07) is 9.93. The van der Waals surface area contributed by atoms with Crippen LogP contribution < -0.4 is 11.1 Å². The summed E-state index contributed by atoms with van der Waals surface area (Å²) in [4.78, 5) is 17.0. The van der Waals surface area contributed by atoms with Gasteiger partial charge in [0.05, 0.1) is 18.1 Å². The fraction of sp³-hybridized carbons (Fsp3) is 0.545. The van der Waals surface area contributed by atoms with Crippen LogP contribution in [0, 0.1) is 17.8 Å². The zero-order valence-electron chi connectivity index (χ0n) is 16.9. The highest BCUT2D eigenvalue weighted by atomic mass is 35.5. The second-order valence-electron chi connectivity index (χ2n) is 8.47. The first kappa shape index (κ1) is 23.7. The molecule has 2 aliphatic rings. The zero-order valence-corrected chi connectivity index (χ0v) is 18.5. The number of aromatic nitrogens is 2. The fourth-order valence-electron chi connectivity index (χ4n) is 5.06. The molecule has 1 aromatic carbocycles. The van der Waals surface area contributed by atoms with Crippen molar-refractivity contribution in [2.45, 2.75) is 57.7 Å². The number of nitrogens with two attached hydrogens (primary N) is 1. The van der Waals surface area contributed by atoms with E-state index in [2.05, 4.69) is 29.4 Å².